The molecule has 0 radical (unpaired) electrons. The summed E-state index contributed by atoms with van der Waals surface area (Å²) in [5.41, 5.74) is 5.42. The van der Waals surface area contributed by atoms with Crippen molar-refractivity contribution in [3.8, 4) is 5.75 Å². The SMILES string of the molecule is COc1ccccc1CC1(F)CC(N)C1. The highest BCUT2D eigenvalue weighted by Gasteiger charge is 2.43. The van der Waals surface area contributed by atoms with Gasteiger partial charge in [-0.1, -0.05) is 18.2 Å². The molecule has 0 amide bonds. The smallest absolute Gasteiger partial charge is 0.122 e. The van der Waals surface area contributed by atoms with E-state index >= 15 is 0 Å². The predicted molar refractivity (Wildman–Crippen MR) is 57.7 cm³/mol. The van der Waals surface area contributed by atoms with Crippen molar-refractivity contribution in [2.75, 3.05) is 7.11 Å². The van der Waals surface area contributed by atoms with Gasteiger partial charge in [-0.25, -0.2) is 4.39 Å². The monoisotopic (exact) mass is 209 g/mol. The molecule has 0 saturated heterocycles. The number of halogens is 1. The molecule has 0 aliphatic heterocycles. The Labute approximate surface area is 89.2 Å². The second-order valence-corrected chi connectivity index (χ2v) is 4.31. The van der Waals surface area contributed by atoms with Crippen LogP contribution < -0.4 is 10.5 Å². The zero-order chi connectivity index (χ0) is 10.9. The molecule has 2 N–H and O–H groups in total. The van der Waals surface area contributed by atoms with Gasteiger partial charge in [-0.2, -0.15) is 0 Å². The molecule has 0 heterocycles. The summed E-state index contributed by atoms with van der Waals surface area (Å²) in [6, 6.07) is 7.59. The van der Waals surface area contributed by atoms with Gasteiger partial charge in [-0.05, 0) is 24.5 Å². The van der Waals surface area contributed by atoms with Crippen molar-refractivity contribution < 1.29 is 9.13 Å². The van der Waals surface area contributed by atoms with Gasteiger partial charge in [0.1, 0.15) is 11.4 Å². The largest absolute Gasteiger partial charge is 0.496 e. The van der Waals surface area contributed by atoms with Crippen LogP contribution >= 0.6 is 0 Å². The molecule has 82 valence electrons. The van der Waals surface area contributed by atoms with E-state index in [1.807, 2.05) is 24.3 Å². The van der Waals surface area contributed by atoms with Gasteiger partial charge in [0.15, 0.2) is 0 Å². The number of ether oxygens (including phenoxy) is 1. The average Bonchev–Trinajstić information content (AvgIpc) is 2.16. The maximum Gasteiger partial charge on any atom is 0.122 e. The summed E-state index contributed by atoms with van der Waals surface area (Å²) < 4.78 is 19.2. The third kappa shape index (κ3) is 2.12. The molecule has 1 aliphatic rings. The Kier molecular flexibility index (Phi) is 2.65. The molecule has 0 aromatic heterocycles. The van der Waals surface area contributed by atoms with Crippen molar-refractivity contribution in [2.45, 2.75) is 31.0 Å². The normalized spacial score (nSPS) is 29.7. The number of hydrogen-bond donors (Lipinski definition) is 1. The topological polar surface area (TPSA) is 35.2 Å². The molecular weight excluding hydrogens is 193 g/mol. The Hall–Kier alpha value is -1.09. The second kappa shape index (κ2) is 3.81. The lowest BCUT2D eigenvalue weighted by atomic mass is 9.74. The first-order valence-corrected chi connectivity index (χ1v) is 5.19. The molecule has 1 fully saturated rings. The molecule has 2 rings (SSSR count). The Morgan fingerprint density at radius 3 is 2.73 bits per heavy atom. The molecule has 15 heavy (non-hydrogen) atoms. The minimum Gasteiger partial charge on any atom is -0.496 e. The van der Waals surface area contributed by atoms with E-state index in [4.69, 9.17) is 10.5 Å². The Bertz CT molecular complexity index is 347. The van der Waals surface area contributed by atoms with Gasteiger partial charge in [0.05, 0.1) is 7.11 Å². The number of para-hydroxylation sites is 1. The molecule has 0 spiro atoms. The molecular formula is C12H16FNO. The summed E-state index contributed by atoms with van der Waals surface area (Å²) in [6.45, 7) is 0. The van der Waals surface area contributed by atoms with E-state index in [2.05, 4.69) is 0 Å². The average molecular weight is 209 g/mol. The van der Waals surface area contributed by atoms with E-state index in [9.17, 15) is 4.39 Å². The van der Waals surface area contributed by atoms with Crippen molar-refractivity contribution in [3.05, 3.63) is 29.8 Å². The van der Waals surface area contributed by atoms with Gasteiger partial charge in [-0.3, -0.25) is 0 Å². The van der Waals surface area contributed by atoms with E-state index < -0.39 is 5.67 Å². The summed E-state index contributed by atoms with van der Waals surface area (Å²) in [6.07, 6.45) is 1.33. The van der Waals surface area contributed by atoms with Crippen LogP contribution in [-0.2, 0) is 6.42 Å². The lowest BCUT2D eigenvalue weighted by Gasteiger charge is -2.39. The standard InChI is InChI=1S/C12H16FNO/c1-15-11-5-3-2-4-9(11)6-12(13)7-10(14)8-12/h2-5,10H,6-8,14H2,1H3. The number of hydrogen-bond acceptors (Lipinski definition) is 2. The summed E-state index contributed by atoms with van der Waals surface area (Å²) >= 11 is 0. The lowest BCUT2D eigenvalue weighted by molar-refractivity contribution is 0.0439. The number of rotatable bonds is 3. The van der Waals surface area contributed by atoms with Gasteiger partial charge in [0.25, 0.3) is 0 Å². The van der Waals surface area contributed by atoms with Crippen molar-refractivity contribution in [3.63, 3.8) is 0 Å². The third-order valence-electron chi connectivity index (χ3n) is 2.96. The fourth-order valence-electron chi connectivity index (χ4n) is 2.21. The first kappa shape index (κ1) is 10.4. The number of nitrogens with two attached hydrogens (primary N) is 1. The van der Waals surface area contributed by atoms with E-state index in [1.54, 1.807) is 7.11 Å². The third-order valence-corrected chi connectivity index (χ3v) is 2.96. The molecule has 0 bridgehead atoms. The lowest BCUT2D eigenvalue weighted by Crippen LogP contribution is -2.49. The molecule has 3 heteroatoms. The van der Waals surface area contributed by atoms with Gasteiger partial charge in [0, 0.05) is 12.5 Å². The van der Waals surface area contributed by atoms with Crippen LogP contribution in [0.25, 0.3) is 0 Å². The molecule has 2 nitrogen and oxygen atoms in total. The minimum atomic E-state index is -1.12. The summed E-state index contributed by atoms with van der Waals surface area (Å²) in [5.74, 6) is 0.759. The van der Waals surface area contributed by atoms with Crippen LogP contribution in [0.1, 0.15) is 18.4 Å². The predicted octanol–water partition coefficient (Wildman–Crippen LogP) is 2.07. The van der Waals surface area contributed by atoms with Gasteiger partial charge < -0.3 is 10.5 Å². The number of alkyl halides is 1. The van der Waals surface area contributed by atoms with Crippen LogP contribution in [0.4, 0.5) is 4.39 Å². The van der Waals surface area contributed by atoms with Crippen molar-refractivity contribution in [2.24, 2.45) is 5.73 Å². The molecule has 1 aromatic rings. The van der Waals surface area contributed by atoms with Gasteiger partial charge in [-0.15, -0.1) is 0 Å². The Morgan fingerprint density at radius 1 is 1.47 bits per heavy atom. The van der Waals surface area contributed by atoms with E-state index in [1.165, 1.54) is 0 Å². The number of methoxy groups -OCH3 is 1. The van der Waals surface area contributed by atoms with E-state index in [0.717, 1.165) is 11.3 Å². The van der Waals surface area contributed by atoms with Crippen LogP contribution in [0.3, 0.4) is 0 Å². The maximum absolute atomic E-state index is 14.0. The Balaban J connectivity index is 2.10. The first-order valence-electron chi connectivity index (χ1n) is 5.19. The van der Waals surface area contributed by atoms with Gasteiger partial charge in [0.2, 0.25) is 0 Å². The second-order valence-electron chi connectivity index (χ2n) is 4.31. The molecule has 0 atom stereocenters. The van der Waals surface area contributed by atoms with Crippen LogP contribution in [0.5, 0.6) is 5.75 Å². The van der Waals surface area contributed by atoms with Crippen LogP contribution in [0, 0.1) is 0 Å². The highest BCUT2D eigenvalue weighted by Crippen LogP contribution is 2.39. The highest BCUT2D eigenvalue weighted by atomic mass is 19.1. The zero-order valence-electron chi connectivity index (χ0n) is 8.87. The highest BCUT2D eigenvalue weighted by molar-refractivity contribution is 5.35. The van der Waals surface area contributed by atoms with Crippen molar-refractivity contribution in [1.29, 1.82) is 0 Å². The molecule has 1 saturated carbocycles. The molecule has 1 aromatic carbocycles. The van der Waals surface area contributed by atoms with Gasteiger partial charge >= 0.3 is 0 Å². The van der Waals surface area contributed by atoms with E-state index in [0.29, 0.717) is 19.3 Å². The quantitative estimate of drug-likeness (QED) is 0.827. The van der Waals surface area contributed by atoms with Crippen LogP contribution in [-0.4, -0.2) is 18.8 Å². The van der Waals surface area contributed by atoms with Crippen molar-refractivity contribution >= 4 is 0 Å². The van der Waals surface area contributed by atoms with Crippen LogP contribution in [0.15, 0.2) is 24.3 Å². The summed E-state index contributed by atoms with van der Waals surface area (Å²) in [5, 5.41) is 0. The molecule has 1 aliphatic carbocycles. The van der Waals surface area contributed by atoms with Crippen molar-refractivity contribution in [1.82, 2.24) is 0 Å². The summed E-state index contributed by atoms with van der Waals surface area (Å²) in [7, 11) is 1.61. The summed E-state index contributed by atoms with van der Waals surface area (Å²) in [4.78, 5) is 0. The molecule has 0 unspecified atom stereocenters. The fourth-order valence-corrected chi connectivity index (χ4v) is 2.21. The number of benzene rings is 1. The first-order chi connectivity index (χ1) is 7.13. The van der Waals surface area contributed by atoms with Crippen LogP contribution in [0.2, 0.25) is 0 Å². The Morgan fingerprint density at radius 2 is 2.13 bits per heavy atom. The van der Waals surface area contributed by atoms with E-state index in [-0.39, 0.29) is 6.04 Å². The zero-order valence-corrected chi connectivity index (χ0v) is 8.87. The maximum atomic E-state index is 14.0. The minimum absolute atomic E-state index is 0.0321. The fraction of sp³-hybridized carbons (Fsp3) is 0.500.